The highest BCUT2D eigenvalue weighted by Gasteiger charge is 2.21. The number of rotatable bonds is 1. The van der Waals surface area contributed by atoms with Crippen LogP contribution in [0.4, 0.5) is 5.69 Å². The van der Waals surface area contributed by atoms with E-state index < -0.39 is 5.41 Å². The zero-order chi connectivity index (χ0) is 13.5. The van der Waals surface area contributed by atoms with E-state index >= 15 is 0 Å². The van der Waals surface area contributed by atoms with Gasteiger partial charge in [-0.05, 0) is 35.0 Å². The molecule has 0 atom stereocenters. The molecule has 18 heavy (non-hydrogen) atoms. The second kappa shape index (κ2) is 4.39. The van der Waals surface area contributed by atoms with Crippen LogP contribution < -0.4 is 5.32 Å². The van der Waals surface area contributed by atoms with Crippen molar-refractivity contribution >= 4 is 33.2 Å². The van der Waals surface area contributed by atoms with Crippen LogP contribution in [0.25, 0.3) is 5.65 Å². The first kappa shape index (κ1) is 13.1. The molecule has 1 N–H and O–H groups in total. The predicted octanol–water partition coefficient (Wildman–Crippen LogP) is 3.39. The van der Waals surface area contributed by atoms with Crippen molar-refractivity contribution in [3.63, 3.8) is 0 Å². The maximum absolute atomic E-state index is 11.9. The Hall–Kier alpha value is -1.36. The van der Waals surface area contributed by atoms with Crippen molar-refractivity contribution in [1.29, 1.82) is 0 Å². The molecule has 0 radical (unpaired) electrons. The molecule has 0 unspecified atom stereocenters. The number of halogens is 1. The number of fused-ring (bicyclic) bond motifs is 1. The molecule has 2 aromatic heterocycles. The average molecular weight is 310 g/mol. The average Bonchev–Trinajstić information content (AvgIpc) is 2.54. The monoisotopic (exact) mass is 309 g/mol. The molecule has 0 aliphatic carbocycles. The minimum atomic E-state index is -0.403. The molecule has 4 nitrogen and oxygen atoms in total. The molecule has 0 saturated carbocycles. The number of carbonyl (C=O) groups excluding carboxylic acids is 1. The number of hydrogen-bond donors (Lipinski definition) is 1. The number of pyridine rings is 1. The quantitative estimate of drug-likeness (QED) is 0.877. The summed E-state index contributed by atoms with van der Waals surface area (Å²) in [5, 5.41) is 2.91. The number of amides is 1. The Kier molecular flexibility index (Phi) is 3.19. The Bertz CT molecular complexity index is 610. The third-order valence-electron chi connectivity index (χ3n) is 2.74. The smallest absolute Gasteiger partial charge is 0.229 e. The van der Waals surface area contributed by atoms with Crippen LogP contribution in [0.3, 0.4) is 0 Å². The van der Waals surface area contributed by atoms with Crippen molar-refractivity contribution in [3.8, 4) is 0 Å². The largest absolute Gasteiger partial charge is 0.324 e. The van der Waals surface area contributed by atoms with Gasteiger partial charge in [-0.15, -0.1) is 0 Å². The van der Waals surface area contributed by atoms with Gasteiger partial charge in [0, 0.05) is 11.6 Å². The predicted molar refractivity (Wildman–Crippen MR) is 75.7 cm³/mol. The van der Waals surface area contributed by atoms with Crippen LogP contribution in [0.1, 0.15) is 26.5 Å². The van der Waals surface area contributed by atoms with Gasteiger partial charge in [0.2, 0.25) is 5.91 Å². The van der Waals surface area contributed by atoms with Crippen LogP contribution >= 0.6 is 15.9 Å². The van der Waals surface area contributed by atoms with Gasteiger partial charge in [-0.1, -0.05) is 20.8 Å². The van der Waals surface area contributed by atoms with E-state index in [0.717, 1.165) is 21.6 Å². The highest BCUT2D eigenvalue weighted by molar-refractivity contribution is 9.10. The molecule has 2 aromatic rings. The Morgan fingerprint density at radius 1 is 1.39 bits per heavy atom. The van der Waals surface area contributed by atoms with E-state index in [2.05, 4.69) is 26.2 Å². The molecule has 0 bridgehead atoms. The molecule has 96 valence electrons. The molecule has 1 amide bonds. The van der Waals surface area contributed by atoms with Crippen LogP contribution in [-0.2, 0) is 4.79 Å². The standard InChI is InChI=1S/C13H16BrN3O/c1-8-11(14)16-10-6-5-9(7-17(8)10)15-12(18)13(2,3)4/h5-7H,1-4H3,(H,15,18). The van der Waals surface area contributed by atoms with Gasteiger partial charge in [0.1, 0.15) is 10.3 Å². The molecule has 0 spiro atoms. The molecule has 0 saturated heterocycles. The fourth-order valence-electron chi connectivity index (χ4n) is 1.53. The van der Waals surface area contributed by atoms with E-state index in [1.54, 1.807) is 0 Å². The summed E-state index contributed by atoms with van der Waals surface area (Å²) in [6, 6.07) is 3.74. The summed E-state index contributed by atoms with van der Waals surface area (Å²) >= 11 is 3.40. The Labute approximate surface area is 115 Å². The molecule has 0 fully saturated rings. The zero-order valence-corrected chi connectivity index (χ0v) is 12.5. The maximum Gasteiger partial charge on any atom is 0.229 e. The Morgan fingerprint density at radius 3 is 2.67 bits per heavy atom. The van der Waals surface area contributed by atoms with Crippen LogP contribution in [0.15, 0.2) is 22.9 Å². The highest BCUT2D eigenvalue weighted by Crippen LogP contribution is 2.21. The van der Waals surface area contributed by atoms with Gasteiger partial charge in [0.25, 0.3) is 0 Å². The normalized spacial score (nSPS) is 11.8. The number of imidazole rings is 1. The van der Waals surface area contributed by atoms with Crippen molar-refractivity contribution in [2.24, 2.45) is 5.41 Å². The van der Waals surface area contributed by atoms with Crippen LogP contribution in [-0.4, -0.2) is 15.3 Å². The number of hydrogen-bond acceptors (Lipinski definition) is 2. The number of nitrogens with zero attached hydrogens (tertiary/aromatic N) is 2. The van der Waals surface area contributed by atoms with Crippen molar-refractivity contribution in [2.45, 2.75) is 27.7 Å². The molecule has 5 heteroatoms. The van der Waals surface area contributed by atoms with Gasteiger partial charge in [-0.25, -0.2) is 4.98 Å². The Balaban J connectivity index is 2.36. The van der Waals surface area contributed by atoms with Gasteiger partial charge in [-0.2, -0.15) is 0 Å². The van der Waals surface area contributed by atoms with E-state index in [0.29, 0.717) is 0 Å². The topological polar surface area (TPSA) is 46.4 Å². The first-order valence-corrected chi connectivity index (χ1v) is 6.54. The van der Waals surface area contributed by atoms with Crippen molar-refractivity contribution in [1.82, 2.24) is 9.38 Å². The molecular formula is C13H16BrN3O. The number of aryl methyl sites for hydroxylation is 1. The zero-order valence-electron chi connectivity index (χ0n) is 10.9. The van der Waals surface area contributed by atoms with E-state index in [1.165, 1.54) is 0 Å². The molecule has 0 aliphatic heterocycles. The van der Waals surface area contributed by atoms with Crippen LogP contribution in [0, 0.1) is 12.3 Å². The maximum atomic E-state index is 11.9. The third kappa shape index (κ3) is 2.41. The fourth-order valence-corrected chi connectivity index (χ4v) is 1.90. The van der Waals surface area contributed by atoms with Crippen LogP contribution in [0.2, 0.25) is 0 Å². The SMILES string of the molecule is Cc1c(Br)nc2ccc(NC(=O)C(C)(C)C)cn12. The lowest BCUT2D eigenvalue weighted by Gasteiger charge is -2.17. The van der Waals surface area contributed by atoms with Gasteiger partial charge < -0.3 is 9.72 Å². The number of aromatic nitrogens is 2. The number of nitrogens with one attached hydrogen (secondary N) is 1. The minimum Gasteiger partial charge on any atom is -0.324 e. The lowest BCUT2D eigenvalue weighted by atomic mass is 9.96. The van der Waals surface area contributed by atoms with E-state index in [-0.39, 0.29) is 5.91 Å². The van der Waals surface area contributed by atoms with Gasteiger partial charge in [0.15, 0.2) is 0 Å². The van der Waals surface area contributed by atoms with Crippen LogP contribution in [0.5, 0.6) is 0 Å². The lowest BCUT2D eigenvalue weighted by Crippen LogP contribution is -2.27. The molecule has 2 rings (SSSR count). The summed E-state index contributed by atoms with van der Waals surface area (Å²) in [4.78, 5) is 16.3. The summed E-state index contributed by atoms with van der Waals surface area (Å²) < 4.78 is 2.77. The summed E-state index contributed by atoms with van der Waals surface area (Å²) in [6.07, 6.45) is 1.88. The van der Waals surface area contributed by atoms with Crippen molar-refractivity contribution in [3.05, 3.63) is 28.6 Å². The minimum absolute atomic E-state index is 0.00122. The lowest BCUT2D eigenvalue weighted by molar-refractivity contribution is -0.123. The molecule has 0 aromatic carbocycles. The number of carbonyl (C=O) groups is 1. The van der Waals surface area contributed by atoms with E-state index in [9.17, 15) is 4.79 Å². The van der Waals surface area contributed by atoms with Crippen molar-refractivity contribution < 1.29 is 4.79 Å². The number of anilines is 1. The van der Waals surface area contributed by atoms with Gasteiger partial charge in [0.05, 0.1) is 11.4 Å². The first-order chi connectivity index (χ1) is 8.29. The third-order valence-corrected chi connectivity index (χ3v) is 3.49. The summed E-state index contributed by atoms with van der Waals surface area (Å²) in [5.41, 5.74) is 2.24. The second-order valence-electron chi connectivity index (χ2n) is 5.34. The summed E-state index contributed by atoms with van der Waals surface area (Å²) in [5.74, 6) is -0.00122. The van der Waals surface area contributed by atoms with Gasteiger partial charge in [-0.3, -0.25) is 4.79 Å². The summed E-state index contributed by atoms with van der Waals surface area (Å²) in [6.45, 7) is 7.64. The van der Waals surface area contributed by atoms with E-state index in [4.69, 9.17) is 0 Å². The fraction of sp³-hybridized carbons (Fsp3) is 0.385. The second-order valence-corrected chi connectivity index (χ2v) is 6.09. The summed E-state index contributed by atoms with van der Waals surface area (Å²) in [7, 11) is 0. The molecule has 2 heterocycles. The van der Waals surface area contributed by atoms with Crippen molar-refractivity contribution in [2.75, 3.05) is 5.32 Å². The molecular weight excluding hydrogens is 294 g/mol. The highest BCUT2D eigenvalue weighted by atomic mass is 79.9. The first-order valence-electron chi connectivity index (χ1n) is 5.75. The van der Waals surface area contributed by atoms with E-state index in [1.807, 2.05) is 50.4 Å². The van der Waals surface area contributed by atoms with Gasteiger partial charge >= 0.3 is 0 Å². The molecule has 0 aliphatic rings. The Morgan fingerprint density at radius 2 is 2.06 bits per heavy atom.